The van der Waals surface area contributed by atoms with Crippen molar-refractivity contribution >= 4 is 27.8 Å². The number of rotatable bonds is 3. The Morgan fingerprint density at radius 2 is 1.96 bits per heavy atom. The Bertz CT molecular complexity index is 720. The van der Waals surface area contributed by atoms with Crippen molar-refractivity contribution in [2.75, 3.05) is 7.05 Å². The van der Waals surface area contributed by atoms with Gasteiger partial charge in [-0.15, -0.1) is 0 Å². The van der Waals surface area contributed by atoms with Crippen LogP contribution in [0.3, 0.4) is 0 Å². The van der Waals surface area contributed by atoms with Gasteiger partial charge in [-0.05, 0) is 30.5 Å². The van der Waals surface area contributed by atoms with E-state index in [1.807, 2.05) is 43.6 Å². The number of aromatic nitrogens is 1. The van der Waals surface area contributed by atoms with Crippen molar-refractivity contribution in [3.05, 3.63) is 66.0 Å². The lowest BCUT2D eigenvalue weighted by Gasteiger charge is -2.19. The summed E-state index contributed by atoms with van der Waals surface area (Å²) >= 11 is 3.15. The van der Waals surface area contributed by atoms with Gasteiger partial charge in [0.25, 0.3) is 0 Å². The molecular weight excluding hydrogens is 384 g/mol. The monoisotopic (exact) mass is 404 g/mol. The number of carbonyl (C=O) groups is 2. The molecular formula is C19H21BrN2O3. The van der Waals surface area contributed by atoms with E-state index < -0.39 is 10.3 Å². The van der Waals surface area contributed by atoms with E-state index in [1.54, 1.807) is 30.2 Å². The van der Waals surface area contributed by atoms with Gasteiger partial charge >= 0.3 is 5.97 Å². The number of pyridine rings is 1. The van der Waals surface area contributed by atoms with E-state index in [4.69, 9.17) is 5.11 Å². The minimum absolute atomic E-state index is 0.230. The predicted molar refractivity (Wildman–Crippen MR) is 99.3 cm³/mol. The van der Waals surface area contributed by atoms with Crippen molar-refractivity contribution in [3.8, 4) is 0 Å². The first-order chi connectivity index (χ1) is 11.8. The maximum Gasteiger partial charge on any atom is 0.324 e. The number of nitrogens with zero attached hydrogens (tertiary/aromatic N) is 2. The topological polar surface area (TPSA) is 70.5 Å². The van der Waals surface area contributed by atoms with Crippen molar-refractivity contribution in [3.63, 3.8) is 0 Å². The van der Waals surface area contributed by atoms with Crippen LogP contribution >= 0.6 is 15.9 Å². The van der Waals surface area contributed by atoms with Crippen molar-refractivity contribution in [1.29, 1.82) is 0 Å². The molecule has 1 aliphatic rings. The van der Waals surface area contributed by atoms with Crippen LogP contribution in [-0.2, 0) is 13.9 Å². The maximum atomic E-state index is 11.3. The Kier molecular flexibility index (Phi) is 6.31. The number of aliphatic carboxylic acids is 1. The third kappa shape index (κ3) is 4.66. The average molecular weight is 405 g/mol. The second-order valence-corrected chi connectivity index (χ2v) is 7.61. The molecule has 5 nitrogen and oxygen atoms in total. The lowest BCUT2D eigenvalue weighted by atomic mass is 10.0. The van der Waals surface area contributed by atoms with E-state index in [2.05, 4.69) is 20.9 Å². The molecule has 1 unspecified atom stereocenters. The van der Waals surface area contributed by atoms with E-state index in [9.17, 15) is 9.59 Å². The second-order valence-electron chi connectivity index (χ2n) is 6.02. The molecule has 2 aromatic rings. The number of halogens is 1. The first-order valence-electron chi connectivity index (χ1n) is 7.97. The predicted octanol–water partition coefficient (Wildman–Crippen LogP) is 3.76. The van der Waals surface area contributed by atoms with Crippen LogP contribution in [0.5, 0.6) is 0 Å². The van der Waals surface area contributed by atoms with Crippen LogP contribution < -0.4 is 0 Å². The van der Waals surface area contributed by atoms with Gasteiger partial charge in [0.1, 0.15) is 4.32 Å². The molecule has 0 bridgehead atoms. The largest absolute Gasteiger partial charge is 0.480 e. The summed E-state index contributed by atoms with van der Waals surface area (Å²) in [6.07, 6.45) is 5.16. The molecule has 0 aliphatic carbocycles. The van der Waals surface area contributed by atoms with Gasteiger partial charge in [-0.2, -0.15) is 0 Å². The van der Waals surface area contributed by atoms with Gasteiger partial charge in [0.15, 0.2) is 0 Å². The van der Waals surface area contributed by atoms with Crippen LogP contribution in [0.25, 0.3) is 0 Å². The number of amides is 1. The van der Waals surface area contributed by atoms with Crippen LogP contribution in [0.1, 0.15) is 36.9 Å². The van der Waals surface area contributed by atoms with Crippen LogP contribution in [0.15, 0.2) is 54.9 Å². The molecule has 1 saturated heterocycles. The molecule has 0 radical (unpaired) electrons. The normalized spacial score (nSPS) is 18.9. The summed E-state index contributed by atoms with van der Waals surface area (Å²) in [5.74, 6) is -0.650. The zero-order valence-electron chi connectivity index (χ0n) is 14.2. The van der Waals surface area contributed by atoms with Crippen molar-refractivity contribution in [2.45, 2.75) is 30.1 Å². The number of benzene rings is 1. The standard InChI is InChI=1S/C10H12N2O.C9H9BrO2/c1-12-9(4-5-10(12)13)8-3-2-6-11-7-8;1-9(10,8(11)12)7-5-3-2-4-6-7/h2-3,6-7,9H,4-5H2,1H3;2-6H,1H3,(H,11,12)/t9-;/m0./s1. The number of hydrogen-bond donors (Lipinski definition) is 1. The number of carboxylic acids is 1. The summed E-state index contributed by atoms with van der Waals surface area (Å²) in [4.78, 5) is 27.9. The van der Waals surface area contributed by atoms with Crippen molar-refractivity contribution in [1.82, 2.24) is 9.88 Å². The van der Waals surface area contributed by atoms with Gasteiger partial charge in [-0.1, -0.05) is 52.3 Å². The minimum atomic E-state index is -0.978. The Morgan fingerprint density at radius 3 is 2.44 bits per heavy atom. The second kappa shape index (κ2) is 8.25. The molecule has 6 heteroatoms. The molecule has 25 heavy (non-hydrogen) atoms. The fraction of sp³-hybridized carbons (Fsp3) is 0.316. The summed E-state index contributed by atoms with van der Waals surface area (Å²) in [7, 11) is 1.85. The van der Waals surface area contributed by atoms with Crippen LogP contribution in [0, 0.1) is 0 Å². The van der Waals surface area contributed by atoms with Crippen LogP contribution in [-0.4, -0.2) is 33.9 Å². The van der Waals surface area contributed by atoms with Crippen molar-refractivity contribution in [2.24, 2.45) is 0 Å². The molecule has 3 rings (SSSR count). The molecule has 2 atom stereocenters. The zero-order chi connectivity index (χ0) is 18.4. The van der Waals surface area contributed by atoms with Gasteiger partial charge in [0, 0.05) is 25.9 Å². The molecule has 0 saturated carbocycles. The molecule has 1 aromatic heterocycles. The third-order valence-electron chi connectivity index (χ3n) is 4.28. The first-order valence-corrected chi connectivity index (χ1v) is 8.76. The maximum absolute atomic E-state index is 11.3. The third-order valence-corrected chi connectivity index (χ3v) is 5.08. The summed E-state index contributed by atoms with van der Waals surface area (Å²) in [5.41, 5.74) is 1.88. The Hall–Kier alpha value is -2.21. The summed E-state index contributed by atoms with van der Waals surface area (Å²) < 4.78 is -0.978. The highest BCUT2D eigenvalue weighted by molar-refractivity contribution is 9.10. The molecule has 1 aliphatic heterocycles. The molecule has 1 aromatic carbocycles. The van der Waals surface area contributed by atoms with E-state index >= 15 is 0 Å². The molecule has 1 N–H and O–H groups in total. The summed E-state index contributed by atoms with van der Waals surface area (Å²) in [6, 6.07) is 13.2. The molecule has 1 amide bonds. The number of likely N-dealkylation sites (tertiary alicyclic amines) is 1. The van der Waals surface area contributed by atoms with Gasteiger partial charge in [-0.25, -0.2) is 0 Å². The summed E-state index contributed by atoms with van der Waals surface area (Å²) in [6.45, 7) is 1.62. The quantitative estimate of drug-likeness (QED) is 0.790. The van der Waals surface area contributed by atoms with Gasteiger partial charge in [-0.3, -0.25) is 14.6 Å². The Balaban J connectivity index is 0.000000181. The lowest BCUT2D eigenvalue weighted by molar-refractivity contribution is -0.139. The van der Waals surface area contributed by atoms with E-state index in [1.165, 1.54) is 0 Å². The number of hydrogen-bond acceptors (Lipinski definition) is 3. The fourth-order valence-electron chi connectivity index (χ4n) is 2.64. The smallest absolute Gasteiger partial charge is 0.324 e. The van der Waals surface area contributed by atoms with Crippen LogP contribution in [0.4, 0.5) is 0 Å². The van der Waals surface area contributed by atoms with E-state index in [0.717, 1.165) is 17.5 Å². The Morgan fingerprint density at radius 1 is 1.28 bits per heavy atom. The van der Waals surface area contributed by atoms with E-state index in [0.29, 0.717) is 6.42 Å². The molecule has 2 heterocycles. The van der Waals surface area contributed by atoms with E-state index in [-0.39, 0.29) is 11.9 Å². The van der Waals surface area contributed by atoms with Crippen molar-refractivity contribution < 1.29 is 14.7 Å². The van der Waals surface area contributed by atoms with Gasteiger partial charge in [0.2, 0.25) is 5.91 Å². The SMILES string of the molecule is CC(Br)(C(=O)O)c1ccccc1.CN1C(=O)CC[C@H]1c1cccnc1. The van der Waals surface area contributed by atoms with Crippen LogP contribution in [0.2, 0.25) is 0 Å². The molecule has 132 valence electrons. The summed E-state index contributed by atoms with van der Waals surface area (Å²) in [5, 5.41) is 8.85. The number of carboxylic acid groups (broad SMARTS) is 1. The Labute approximate surface area is 155 Å². The zero-order valence-corrected chi connectivity index (χ0v) is 15.8. The lowest BCUT2D eigenvalue weighted by Crippen LogP contribution is -2.24. The van der Waals surface area contributed by atoms with Gasteiger partial charge < -0.3 is 10.0 Å². The average Bonchev–Trinajstić information content (AvgIpc) is 2.96. The highest BCUT2D eigenvalue weighted by Crippen LogP contribution is 2.31. The molecule has 0 spiro atoms. The minimum Gasteiger partial charge on any atom is -0.480 e. The molecule has 1 fully saturated rings. The number of carbonyl (C=O) groups excluding carboxylic acids is 1. The number of alkyl halides is 1. The first kappa shape index (κ1) is 19.1. The van der Waals surface area contributed by atoms with Gasteiger partial charge in [0.05, 0.1) is 6.04 Å². The highest BCUT2D eigenvalue weighted by atomic mass is 79.9. The fourth-order valence-corrected chi connectivity index (χ4v) is 2.91. The highest BCUT2D eigenvalue weighted by Gasteiger charge is 2.31.